The Morgan fingerprint density at radius 1 is 1.08 bits per heavy atom. The molecule has 132 valence electrons. The van der Waals surface area contributed by atoms with E-state index >= 15 is 0 Å². The number of aromatic nitrogens is 4. The monoisotopic (exact) mass is 400 g/mol. The summed E-state index contributed by atoms with van der Waals surface area (Å²) >= 11 is 4.70. The SMILES string of the molecule is Cc1sc2nc(SCc3nnc(Nc4ccccc4)s3)nc(N)c2c1C. The average Bonchev–Trinajstić information content (AvgIpc) is 3.18. The Morgan fingerprint density at radius 3 is 2.69 bits per heavy atom. The number of aryl methyl sites for hydroxylation is 2. The fraction of sp³-hybridized carbons (Fsp3) is 0.176. The van der Waals surface area contributed by atoms with Crippen molar-refractivity contribution >= 4 is 61.3 Å². The van der Waals surface area contributed by atoms with Gasteiger partial charge in [-0.2, -0.15) is 0 Å². The number of nitrogen functional groups attached to an aromatic ring is 1. The number of thiophene rings is 1. The van der Waals surface area contributed by atoms with Crippen molar-refractivity contribution in [3.05, 3.63) is 45.8 Å². The lowest BCUT2D eigenvalue weighted by molar-refractivity contribution is 1.01. The molecular formula is C17H16N6S3. The summed E-state index contributed by atoms with van der Waals surface area (Å²) < 4.78 is 0. The molecular weight excluding hydrogens is 384 g/mol. The van der Waals surface area contributed by atoms with E-state index in [2.05, 4.69) is 39.3 Å². The second-order valence-electron chi connectivity index (χ2n) is 5.64. The Labute approximate surface area is 162 Å². The first-order chi connectivity index (χ1) is 12.6. The molecule has 3 N–H and O–H groups in total. The van der Waals surface area contributed by atoms with E-state index in [4.69, 9.17) is 5.73 Å². The number of anilines is 3. The van der Waals surface area contributed by atoms with Gasteiger partial charge >= 0.3 is 0 Å². The largest absolute Gasteiger partial charge is 0.383 e. The van der Waals surface area contributed by atoms with Crippen LogP contribution in [0.1, 0.15) is 15.4 Å². The van der Waals surface area contributed by atoms with E-state index < -0.39 is 0 Å². The normalized spacial score (nSPS) is 11.2. The van der Waals surface area contributed by atoms with Crippen molar-refractivity contribution in [3.63, 3.8) is 0 Å². The molecule has 0 spiro atoms. The van der Waals surface area contributed by atoms with Crippen molar-refractivity contribution in [3.8, 4) is 0 Å². The minimum absolute atomic E-state index is 0.544. The van der Waals surface area contributed by atoms with E-state index in [0.717, 1.165) is 26.0 Å². The minimum Gasteiger partial charge on any atom is -0.383 e. The third-order valence-corrected chi connectivity index (χ3v) is 6.83. The van der Waals surface area contributed by atoms with E-state index in [1.807, 2.05) is 30.3 Å². The number of hydrogen-bond donors (Lipinski definition) is 2. The average molecular weight is 401 g/mol. The molecule has 0 aliphatic carbocycles. The summed E-state index contributed by atoms with van der Waals surface area (Å²) in [4.78, 5) is 11.2. The number of nitrogens with zero attached hydrogens (tertiary/aromatic N) is 4. The van der Waals surface area contributed by atoms with E-state index in [1.54, 1.807) is 11.3 Å². The van der Waals surface area contributed by atoms with Crippen LogP contribution in [0.4, 0.5) is 16.6 Å². The molecule has 3 heterocycles. The van der Waals surface area contributed by atoms with Crippen LogP contribution in [0.2, 0.25) is 0 Å². The standard InChI is InChI=1S/C17H16N6S3/c1-9-10(2)25-15-13(9)14(18)20-16(21-15)24-8-12-22-23-17(26-12)19-11-6-4-3-5-7-11/h3-7H,8H2,1-2H3,(H,19,23)(H2,18,20,21). The van der Waals surface area contributed by atoms with Gasteiger partial charge in [0.05, 0.1) is 11.1 Å². The Morgan fingerprint density at radius 2 is 1.88 bits per heavy atom. The zero-order valence-corrected chi connectivity index (χ0v) is 16.6. The molecule has 26 heavy (non-hydrogen) atoms. The van der Waals surface area contributed by atoms with Crippen LogP contribution in [0.15, 0.2) is 35.5 Å². The number of nitrogens with one attached hydrogen (secondary N) is 1. The quantitative estimate of drug-likeness (QED) is 0.368. The number of nitrogens with two attached hydrogens (primary N) is 1. The second kappa shape index (κ2) is 7.18. The summed E-state index contributed by atoms with van der Waals surface area (Å²) in [6, 6.07) is 9.92. The number of fused-ring (bicyclic) bond motifs is 1. The molecule has 0 radical (unpaired) electrons. The predicted octanol–water partition coefficient (Wildman–Crippen LogP) is 4.78. The van der Waals surface area contributed by atoms with E-state index in [0.29, 0.717) is 16.7 Å². The Balaban J connectivity index is 1.47. The van der Waals surface area contributed by atoms with Gasteiger partial charge in [-0.3, -0.25) is 0 Å². The molecule has 0 unspecified atom stereocenters. The topological polar surface area (TPSA) is 89.6 Å². The molecule has 1 aromatic carbocycles. The maximum Gasteiger partial charge on any atom is 0.210 e. The first-order valence-corrected chi connectivity index (χ1v) is 10.5. The highest BCUT2D eigenvalue weighted by Gasteiger charge is 2.14. The van der Waals surface area contributed by atoms with Crippen molar-refractivity contribution in [2.75, 3.05) is 11.1 Å². The van der Waals surface area contributed by atoms with Gasteiger partial charge in [0, 0.05) is 10.6 Å². The summed E-state index contributed by atoms with van der Waals surface area (Å²) in [5.41, 5.74) is 8.30. The number of rotatable bonds is 5. The zero-order valence-electron chi connectivity index (χ0n) is 14.2. The lowest BCUT2D eigenvalue weighted by atomic mass is 10.2. The van der Waals surface area contributed by atoms with E-state index in [9.17, 15) is 0 Å². The zero-order chi connectivity index (χ0) is 18.1. The second-order valence-corrected chi connectivity index (χ2v) is 8.84. The fourth-order valence-corrected chi connectivity index (χ4v) is 5.15. The molecule has 9 heteroatoms. The molecule has 0 aliphatic heterocycles. The maximum atomic E-state index is 6.14. The summed E-state index contributed by atoms with van der Waals surface area (Å²) in [5, 5.41) is 15.0. The first kappa shape index (κ1) is 17.2. The van der Waals surface area contributed by atoms with Crippen LogP contribution in [0, 0.1) is 13.8 Å². The summed E-state index contributed by atoms with van der Waals surface area (Å²) in [6.07, 6.45) is 0. The lowest BCUT2D eigenvalue weighted by Crippen LogP contribution is -1.96. The number of hydrogen-bond acceptors (Lipinski definition) is 9. The van der Waals surface area contributed by atoms with Gasteiger partial charge in [0.25, 0.3) is 0 Å². The van der Waals surface area contributed by atoms with Gasteiger partial charge in [0.2, 0.25) is 5.13 Å². The fourth-order valence-electron chi connectivity index (χ4n) is 2.46. The molecule has 0 saturated carbocycles. The molecule has 0 fully saturated rings. The van der Waals surface area contributed by atoms with Crippen LogP contribution in [0.3, 0.4) is 0 Å². The van der Waals surface area contributed by atoms with Gasteiger partial charge in [0.15, 0.2) is 5.16 Å². The van der Waals surface area contributed by atoms with Gasteiger partial charge in [-0.05, 0) is 31.5 Å². The third kappa shape index (κ3) is 3.50. The smallest absolute Gasteiger partial charge is 0.210 e. The van der Waals surface area contributed by atoms with E-state index in [1.165, 1.54) is 33.5 Å². The van der Waals surface area contributed by atoms with Gasteiger partial charge in [-0.1, -0.05) is 41.3 Å². The molecule has 3 aromatic heterocycles. The molecule has 0 saturated heterocycles. The summed E-state index contributed by atoms with van der Waals surface area (Å²) in [6.45, 7) is 4.14. The molecule has 0 atom stereocenters. The van der Waals surface area contributed by atoms with Crippen molar-refractivity contribution in [1.82, 2.24) is 20.2 Å². The Bertz CT molecular complexity index is 1060. The highest BCUT2D eigenvalue weighted by molar-refractivity contribution is 7.98. The molecule has 0 bridgehead atoms. The van der Waals surface area contributed by atoms with E-state index in [-0.39, 0.29) is 0 Å². The van der Waals surface area contributed by atoms with Crippen LogP contribution >= 0.6 is 34.4 Å². The number of para-hydroxylation sites is 1. The Kier molecular flexibility index (Phi) is 4.75. The highest BCUT2D eigenvalue weighted by atomic mass is 32.2. The van der Waals surface area contributed by atoms with Gasteiger partial charge in [-0.15, -0.1) is 21.5 Å². The molecule has 0 aliphatic rings. The lowest BCUT2D eigenvalue weighted by Gasteiger charge is -2.02. The molecule has 4 rings (SSSR count). The first-order valence-electron chi connectivity index (χ1n) is 7.90. The molecule has 0 amide bonds. The highest BCUT2D eigenvalue weighted by Crippen LogP contribution is 2.34. The van der Waals surface area contributed by atoms with Crippen LogP contribution in [-0.4, -0.2) is 20.2 Å². The predicted molar refractivity (Wildman–Crippen MR) is 110 cm³/mol. The van der Waals surface area contributed by atoms with Gasteiger partial charge in [-0.25, -0.2) is 9.97 Å². The number of thioether (sulfide) groups is 1. The molecule has 6 nitrogen and oxygen atoms in total. The minimum atomic E-state index is 0.544. The maximum absolute atomic E-state index is 6.14. The van der Waals surface area contributed by atoms with Crippen LogP contribution in [-0.2, 0) is 5.75 Å². The van der Waals surface area contributed by atoms with Crippen molar-refractivity contribution < 1.29 is 0 Å². The van der Waals surface area contributed by atoms with Crippen LogP contribution < -0.4 is 11.1 Å². The van der Waals surface area contributed by atoms with Crippen LogP contribution in [0.25, 0.3) is 10.2 Å². The third-order valence-electron chi connectivity index (χ3n) is 3.85. The summed E-state index contributed by atoms with van der Waals surface area (Å²) in [7, 11) is 0. The van der Waals surface area contributed by atoms with Gasteiger partial charge in [0.1, 0.15) is 15.7 Å². The van der Waals surface area contributed by atoms with Crippen molar-refractivity contribution in [2.24, 2.45) is 0 Å². The van der Waals surface area contributed by atoms with Crippen LogP contribution in [0.5, 0.6) is 0 Å². The summed E-state index contributed by atoms with van der Waals surface area (Å²) in [5.74, 6) is 1.20. The Hall–Kier alpha value is -2.23. The van der Waals surface area contributed by atoms with Crippen molar-refractivity contribution in [1.29, 1.82) is 0 Å². The molecule has 4 aromatic rings. The van der Waals surface area contributed by atoms with Gasteiger partial charge < -0.3 is 11.1 Å². The van der Waals surface area contributed by atoms with Crippen molar-refractivity contribution in [2.45, 2.75) is 24.8 Å². The number of benzene rings is 1.